The lowest BCUT2D eigenvalue weighted by atomic mass is 10.0. The molecular weight excluding hydrogens is 530 g/mol. The second-order valence-electron chi connectivity index (χ2n) is 12.5. The minimum absolute atomic E-state index is 0.0303. The highest BCUT2D eigenvalue weighted by molar-refractivity contribution is 5.71. The monoisotopic (exact) mass is 579 g/mol. The molecule has 1 aromatic rings. The number of unbranched alkanes of at least 4 members (excludes halogenated alkanes) is 2. The normalized spacial score (nSPS) is 19.1. The molecule has 2 amide bonds. The van der Waals surface area contributed by atoms with Crippen LogP contribution in [0.1, 0.15) is 66.4 Å². The average Bonchev–Trinajstić information content (AvgIpc) is 3.15. The Hall–Kier alpha value is -3.21. The maximum absolute atomic E-state index is 13.3. The quantitative estimate of drug-likeness (QED) is 0.220. The van der Waals surface area contributed by atoms with Crippen molar-refractivity contribution < 1.29 is 38.1 Å². The number of benzene rings is 1. The van der Waals surface area contributed by atoms with Crippen molar-refractivity contribution in [3.8, 4) is 5.75 Å². The molecule has 1 aliphatic rings. The van der Waals surface area contributed by atoms with Gasteiger partial charge in [0.15, 0.2) is 12.2 Å². The SMILES string of the molecule is COc1ccc(C[C@@H]2[C@H](OC(=O)NCCCCCN(C)C)[C@@H](OC(=O)OC(C)(C)C)CN2C(=O)OC(C)(C)C)cc1. The molecule has 0 saturated carbocycles. The summed E-state index contributed by atoms with van der Waals surface area (Å²) in [6.07, 6.45) is -0.993. The molecule has 0 unspecified atom stereocenters. The van der Waals surface area contributed by atoms with Gasteiger partial charge in [-0.05, 0) is 99.1 Å². The van der Waals surface area contributed by atoms with Crippen LogP contribution in [0, 0.1) is 0 Å². The van der Waals surface area contributed by atoms with E-state index in [4.69, 9.17) is 23.7 Å². The molecule has 3 atom stereocenters. The lowest BCUT2D eigenvalue weighted by Gasteiger charge is -2.30. The van der Waals surface area contributed by atoms with E-state index >= 15 is 0 Å². The number of ether oxygens (including phenoxy) is 5. The summed E-state index contributed by atoms with van der Waals surface area (Å²) >= 11 is 0. The van der Waals surface area contributed by atoms with Crippen molar-refractivity contribution in [2.45, 2.75) is 96.7 Å². The molecule has 1 fully saturated rings. The minimum Gasteiger partial charge on any atom is -0.497 e. The standard InChI is InChI=1S/C30H49N3O8/c1-29(2,3)40-27(35)33-20-24(38-28(36)41-30(4,5)6)25(23(33)19-21-13-15-22(37-9)16-14-21)39-26(34)31-17-11-10-12-18-32(7)8/h13-16,23-25H,10-12,17-20H2,1-9H3,(H,31,34)/t23-,24+,25+/m1/s1. The molecule has 2 rings (SSSR count). The predicted molar refractivity (Wildman–Crippen MR) is 155 cm³/mol. The van der Waals surface area contributed by atoms with Crippen LogP contribution in [-0.4, -0.2) is 98.4 Å². The number of amides is 2. The molecule has 0 spiro atoms. The van der Waals surface area contributed by atoms with Gasteiger partial charge in [-0.15, -0.1) is 0 Å². The summed E-state index contributed by atoms with van der Waals surface area (Å²) in [6.45, 7) is 11.9. The van der Waals surface area contributed by atoms with E-state index in [2.05, 4.69) is 10.2 Å². The number of methoxy groups -OCH3 is 1. The molecule has 1 N–H and O–H groups in total. The van der Waals surface area contributed by atoms with Gasteiger partial charge in [0.25, 0.3) is 0 Å². The van der Waals surface area contributed by atoms with Gasteiger partial charge in [0.05, 0.1) is 19.7 Å². The van der Waals surface area contributed by atoms with Gasteiger partial charge in [-0.2, -0.15) is 0 Å². The number of carbonyl (C=O) groups is 3. The summed E-state index contributed by atoms with van der Waals surface area (Å²) in [4.78, 5) is 42.5. The van der Waals surface area contributed by atoms with Gasteiger partial charge >= 0.3 is 18.3 Å². The number of nitrogens with zero attached hydrogens (tertiary/aromatic N) is 2. The molecule has 232 valence electrons. The van der Waals surface area contributed by atoms with E-state index in [-0.39, 0.29) is 6.54 Å². The highest BCUT2D eigenvalue weighted by Gasteiger charge is 2.50. The lowest BCUT2D eigenvalue weighted by Crippen LogP contribution is -2.46. The maximum Gasteiger partial charge on any atom is 0.509 e. The van der Waals surface area contributed by atoms with Crippen molar-refractivity contribution in [3.63, 3.8) is 0 Å². The molecule has 0 bridgehead atoms. The Bertz CT molecular complexity index is 985. The first kappa shape index (κ1) is 34.0. The first-order valence-electron chi connectivity index (χ1n) is 14.2. The van der Waals surface area contributed by atoms with Crippen LogP contribution in [0.4, 0.5) is 14.4 Å². The fourth-order valence-corrected chi connectivity index (χ4v) is 4.36. The van der Waals surface area contributed by atoms with Crippen molar-refractivity contribution >= 4 is 18.3 Å². The molecule has 1 aromatic carbocycles. The Morgan fingerprint density at radius 2 is 1.56 bits per heavy atom. The van der Waals surface area contributed by atoms with E-state index in [1.807, 2.05) is 38.4 Å². The number of alkyl carbamates (subject to hydrolysis) is 1. The molecule has 41 heavy (non-hydrogen) atoms. The Morgan fingerprint density at radius 1 is 0.927 bits per heavy atom. The van der Waals surface area contributed by atoms with Gasteiger partial charge in [0.2, 0.25) is 0 Å². The molecule has 11 heteroatoms. The van der Waals surface area contributed by atoms with Crippen LogP contribution in [0.3, 0.4) is 0 Å². The smallest absolute Gasteiger partial charge is 0.497 e. The second-order valence-corrected chi connectivity index (χ2v) is 12.5. The molecule has 1 heterocycles. The van der Waals surface area contributed by atoms with Crippen LogP contribution in [0.25, 0.3) is 0 Å². The zero-order chi connectivity index (χ0) is 30.8. The van der Waals surface area contributed by atoms with Crippen molar-refractivity contribution in [3.05, 3.63) is 29.8 Å². The number of hydrogen-bond acceptors (Lipinski definition) is 9. The third-order valence-corrected chi connectivity index (χ3v) is 6.19. The van der Waals surface area contributed by atoms with E-state index < -0.39 is 47.8 Å². The van der Waals surface area contributed by atoms with E-state index in [1.165, 1.54) is 4.90 Å². The Kier molecular flexibility index (Phi) is 12.6. The number of likely N-dealkylation sites (tertiary alicyclic amines) is 1. The van der Waals surface area contributed by atoms with Crippen LogP contribution in [0.5, 0.6) is 5.75 Å². The van der Waals surface area contributed by atoms with Crippen LogP contribution in [0.2, 0.25) is 0 Å². The third kappa shape index (κ3) is 12.5. The van der Waals surface area contributed by atoms with Gasteiger partial charge in [-0.1, -0.05) is 18.6 Å². The Labute approximate surface area is 244 Å². The van der Waals surface area contributed by atoms with Crippen molar-refractivity contribution in [1.82, 2.24) is 15.1 Å². The summed E-state index contributed by atoms with van der Waals surface area (Å²) < 4.78 is 27.8. The zero-order valence-corrected chi connectivity index (χ0v) is 26.2. The summed E-state index contributed by atoms with van der Waals surface area (Å²) in [5, 5.41) is 2.79. The number of nitrogens with one attached hydrogen (secondary N) is 1. The van der Waals surface area contributed by atoms with Crippen LogP contribution < -0.4 is 10.1 Å². The van der Waals surface area contributed by atoms with Gasteiger partial charge in [-0.3, -0.25) is 4.90 Å². The Balaban J connectivity index is 2.28. The number of hydrogen-bond donors (Lipinski definition) is 1. The highest BCUT2D eigenvalue weighted by atomic mass is 16.7. The van der Waals surface area contributed by atoms with E-state index in [0.29, 0.717) is 18.7 Å². The summed E-state index contributed by atoms with van der Waals surface area (Å²) in [5.74, 6) is 0.688. The lowest BCUT2D eigenvalue weighted by molar-refractivity contribution is -0.0517. The maximum atomic E-state index is 13.3. The molecule has 1 aliphatic heterocycles. The summed E-state index contributed by atoms with van der Waals surface area (Å²) in [7, 11) is 5.63. The van der Waals surface area contributed by atoms with E-state index in [1.54, 1.807) is 48.7 Å². The van der Waals surface area contributed by atoms with Gasteiger partial charge in [0, 0.05) is 6.54 Å². The van der Waals surface area contributed by atoms with Crippen molar-refractivity contribution in [2.75, 3.05) is 40.8 Å². The fraction of sp³-hybridized carbons (Fsp3) is 0.700. The van der Waals surface area contributed by atoms with Crippen molar-refractivity contribution in [1.29, 1.82) is 0 Å². The van der Waals surface area contributed by atoms with Crippen LogP contribution in [0.15, 0.2) is 24.3 Å². The fourth-order valence-electron chi connectivity index (χ4n) is 4.36. The van der Waals surface area contributed by atoms with E-state index in [9.17, 15) is 14.4 Å². The van der Waals surface area contributed by atoms with Gasteiger partial charge in [0.1, 0.15) is 17.0 Å². The average molecular weight is 580 g/mol. The third-order valence-electron chi connectivity index (χ3n) is 6.19. The largest absolute Gasteiger partial charge is 0.509 e. The van der Waals surface area contributed by atoms with Crippen molar-refractivity contribution in [2.24, 2.45) is 0 Å². The van der Waals surface area contributed by atoms with Crippen LogP contribution >= 0.6 is 0 Å². The highest BCUT2D eigenvalue weighted by Crippen LogP contribution is 2.30. The molecule has 1 saturated heterocycles. The Morgan fingerprint density at radius 3 is 2.12 bits per heavy atom. The first-order valence-corrected chi connectivity index (χ1v) is 14.2. The number of carbonyl (C=O) groups excluding carboxylic acids is 3. The molecule has 0 aromatic heterocycles. The van der Waals surface area contributed by atoms with Gasteiger partial charge in [-0.25, -0.2) is 14.4 Å². The molecule has 0 radical (unpaired) electrons. The van der Waals surface area contributed by atoms with Crippen LogP contribution in [-0.2, 0) is 25.4 Å². The molecule has 11 nitrogen and oxygen atoms in total. The van der Waals surface area contributed by atoms with Gasteiger partial charge < -0.3 is 33.9 Å². The zero-order valence-electron chi connectivity index (χ0n) is 26.2. The summed E-state index contributed by atoms with van der Waals surface area (Å²) in [6, 6.07) is 6.71. The molecular formula is C30H49N3O8. The predicted octanol–water partition coefficient (Wildman–Crippen LogP) is 5.00. The second kappa shape index (κ2) is 15.1. The first-order chi connectivity index (χ1) is 19.1. The topological polar surface area (TPSA) is 116 Å². The van der Waals surface area contributed by atoms with E-state index in [0.717, 1.165) is 31.4 Å². The number of rotatable bonds is 11. The summed E-state index contributed by atoms with van der Waals surface area (Å²) in [5.41, 5.74) is -0.674. The molecule has 0 aliphatic carbocycles. The minimum atomic E-state index is -0.967.